The quantitative estimate of drug-likeness (QED) is 0.695. The van der Waals surface area contributed by atoms with Crippen molar-refractivity contribution in [2.45, 2.75) is 25.3 Å². The number of rotatable bonds is 8. The molecule has 2 aromatic rings. The number of ketones is 1. The fraction of sp³-hybridized carbons (Fsp3) is 0.458. The molecular formula is C24H33N3O2. The topological polar surface area (TPSA) is 44.8 Å². The van der Waals surface area contributed by atoms with Gasteiger partial charge in [-0.15, -0.1) is 0 Å². The highest BCUT2D eigenvalue weighted by molar-refractivity contribution is 6.03. The first-order chi connectivity index (χ1) is 14.0. The molecule has 1 N–H and O–H groups in total. The van der Waals surface area contributed by atoms with Gasteiger partial charge in [0.05, 0.1) is 12.6 Å². The van der Waals surface area contributed by atoms with Crippen molar-refractivity contribution in [3.63, 3.8) is 0 Å². The van der Waals surface area contributed by atoms with Crippen LogP contribution in [0, 0.1) is 0 Å². The Morgan fingerprint density at radius 1 is 1.07 bits per heavy atom. The standard InChI is InChI=1S/C24H33N3O2/c1-5-24(26(2)3,18-19-6-12-22(29-4)13-7-19)23(28)20-8-10-21(11-9-20)27-16-14-25-15-17-27/h6-13,25H,5,14-18H2,1-4H3. The number of piperazine rings is 1. The Balaban J connectivity index is 1.84. The number of hydrogen-bond donors (Lipinski definition) is 1. The molecule has 1 aliphatic rings. The molecule has 0 saturated carbocycles. The number of ether oxygens (including phenoxy) is 1. The number of nitrogens with zero attached hydrogens (tertiary/aromatic N) is 2. The van der Waals surface area contributed by atoms with Crippen LogP contribution in [-0.2, 0) is 6.42 Å². The Bertz CT molecular complexity index is 796. The third-order valence-corrected chi connectivity index (χ3v) is 6.13. The summed E-state index contributed by atoms with van der Waals surface area (Å²) in [7, 11) is 5.67. The average molecular weight is 396 g/mol. The van der Waals surface area contributed by atoms with Crippen molar-refractivity contribution >= 4 is 11.5 Å². The minimum Gasteiger partial charge on any atom is -0.497 e. The third kappa shape index (κ3) is 4.62. The molecule has 1 heterocycles. The van der Waals surface area contributed by atoms with Crippen molar-refractivity contribution in [2.75, 3.05) is 52.3 Å². The monoisotopic (exact) mass is 395 g/mol. The Morgan fingerprint density at radius 3 is 2.21 bits per heavy atom. The lowest BCUT2D eigenvalue weighted by molar-refractivity contribution is 0.0666. The Morgan fingerprint density at radius 2 is 1.69 bits per heavy atom. The molecule has 2 aromatic carbocycles. The summed E-state index contributed by atoms with van der Waals surface area (Å²) in [5.74, 6) is 1.00. The van der Waals surface area contributed by atoms with Gasteiger partial charge >= 0.3 is 0 Å². The fourth-order valence-electron chi connectivity index (χ4n) is 4.14. The van der Waals surface area contributed by atoms with Crippen LogP contribution in [0.25, 0.3) is 0 Å². The van der Waals surface area contributed by atoms with Gasteiger partial charge in [0, 0.05) is 37.4 Å². The number of carbonyl (C=O) groups is 1. The Hall–Kier alpha value is -2.37. The lowest BCUT2D eigenvalue weighted by Gasteiger charge is -2.38. The van der Waals surface area contributed by atoms with Crippen LogP contribution in [0.1, 0.15) is 29.3 Å². The van der Waals surface area contributed by atoms with Gasteiger partial charge in [0.2, 0.25) is 0 Å². The van der Waals surface area contributed by atoms with Gasteiger partial charge in [-0.2, -0.15) is 0 Å². The van der Waals surface area contributed by atoms with Crippen LogP contribution in [0.5, 0.6) is 5.75 Å². The molecule has 1 atom stereocenters. The number of Topliss-reactive ketones (excluding diaryl/α,β-unsaturated/α-hetero) is 1. The second-order valence-electron chi connectivity index (χ2n) is 7.92. The molecule has 156 valence electrons. The first-order valence-electron chi connectivity index (χ1n) is 10.4. The molecule has 1 unspecified atom stereocenters. The maximum Gasteiger partial charge on any atom is 0.183 e. The summed E-state index contributed by atoms with van der Waals surface area (Å²) in [4.78, 5) is 18.1. The van der Waals surface area contributed by atoms with Crippen LogP contribution in [0.4, 0.5) is 5.69 Å². The van der Waals surface area contributed by atoms with E-state index in [0.29, 0.717) is 6.42 Å². The highest BCUT2D eigenvalue weighted by Crippen LogP contribution is 2.29. The van der Waals surface area contributed by atoms with Gasteiger partial charge in [-0.3, -0.25) is 9.69 Å². The van der Waals surface area contributed by atoms with Crippen molar-refractivity contribution in [3.05, 3.63) is 59.7 Å². The number of carbonyl (C=O) groups excluding carboxylic acids is 1. The maximum atomic E-state index is 13.7. The van der Waals surface area contributed by atoms with Gasteiger partial charge in [0.1, 0.15) is 5.75 Å². The van der Waals surface area contributed by atoms with E-state index in [-0.39, 0.29) is 5.78 Å². The average Bonchev–Trinajstić information content (AvgIpc) is 2.78. The minimum atomic E-state index is -0.578. The molecule has 0 spiro atoms. The van der Waals surface area contributed by atoms with Gasteiger partial charge in [-0.25, -0.2) is 0 Å². The number of hydrogen-bond acceptors (Lipinski definition) is 5. The smallest absolute Gasteiger partial charge is 0.183 e. The number of likely N-dealkylation sites (N-methyl/N-ethyl adjacent to an activating group) is 1. The van der Waals surface area contributed by atoms with Crippen LogP contribution in [-0.4, -0.2) is 63.6 Å². The van der Waals surface area contributed by atoms with Crippen LogP contribution >= 0.6 is 0 Å². The van der Waals surface area contributed by atoms with Crippen molar-refractivity contribution in [1.82, 2.24) is 10.2 Å². The van der Waals surface area contributed by atoms with Crippen molar-refractivity contribution in [2.24, 2.45) is 0 Å². The molecule has 29 heavy (non-hydrogen) atoms. The molecule has 0 aliphatic carbocycles. The minimum absolute atomic E-state index is 0.174. The van der Waals surface area contributed by atoms with E-state index in [4.69, 9.17) is 4.74 Å². The van der Waals surface area contributed by atoms with Gasteiger partial charge in [-0.1, -0.05) is 19.1 Å². The molecule has 0 aromatic heterocycles. The number of benzene rings is 2. The SMILES string of the molecule is CCC(Cc1ccc(OC)cc1)(C(=O)c1ccc(N2CCNCC2)cc1)N(C)C. The van der Waals surface area contributed by atoms with E-state index in [1.165, 1.54) is 5.69 Å². The third-order valence-electron chi connectivity index (χ3n) is 6.13. The van der Waals surface area contributed by atoms with E-state index in [2.05, 4.69) is 34.2 Å². The second-order valence-corrected chi connectivity index (χ2v) is 7.92. The number of anilines is 1. The predicted molar refractivity (Wildman–Crippen MR) is 119 cm³/mol. The predicted octanol–water partition coefficient (Wildman–Crippen LogP) is 3.24. The zero-order valence-corrected chi connectivity index (χ0v) is 18.1. The van der Waals surface area contributed by atoms with Crippen molar-refractivity contribution < 1.29 is 9.53 Å². The normalized spacial score (nSPS) is 16.5. The second kappa shape index (κ2) is 9.42. The molecule has 1 saturated heterocycles. The number of methoxy groups -OCH3 is 1. The fourth-order valence-corrected chi connectivity index (χ4v) is 4.14. The summed E-state index contributed by atoms with van der Waals surface area (Å²) in [6.45, 7) is 6.10. The molecule has 5 nitrogen and oxygen atoms in total. The van der Waals surface area contributed by atoms with Crippen molar-refractivity contribution in [1.29, 1.82) is 0 Å². The Labute approximate surface area is 174 Å². The molecule has 1 aliphatic heterocycles. The van der Waals surface area contributed by atoms with Gasteiger partial charge < -0.3 is 15.0 Å². The molecule has 5 heteroatoms. The summed E-state index contributed by atoms with van der Waals surface area (Å²) in [6.07, 6.45) is 1.41. The van der Waals surface area contributed by atoms with Crippen LogP contribution in [0.15, 0.2) is 48.5 Å². The maximum absolute atomic E-state index is 13.7. The van der Waals surface area contributed by atoms with Crippen molar-refractivity contribution in [3.8, 4) is 5.75 Å². The summed E-state index contributed by atoms with van der Waals surface area (Å²) < 4.78 is 5.27. The zero-order chi connectivity index (χ0) is 20.9. The zero-order valence-electron chi connectivity index (χ0n) is 18.1. The molecule has 3 rings (SSSR count). The summed E-state index contributed by atoms with van der Waals surface area (Å²) in [5.41, 5.74) is 2.51. The lowest BCUT2D eigenvalue weighted by Crippen LogP contribution is -2.52. The highest BCUT2D eigenvalue weighted by Gasteiger charge is 2.39. The van der Waals surface area contributed by atoms with E-state index in [9.17, 15) is 4.79 Å². The molecule has 1 fully saturated rings. The summed E-state index contributed by atoms with van der Waals surface area (Å²) >= 11 is 0. The molecule has 0 amide bonds. The van der Waals surface area contributed by atoms with E-state index in [1.54, 1.807) is 7.11 Å². The van der Waals surface area contributed by atoms with Crippen LogP contribution in [0.2, 0.25) is 0 Å². The molecule has 0 radical (unpaired) electrons. The van der Waals surface area contributed by atoms with E-state index < -0.39 is 5.54 Å². The Kier molecular flexibility index (Phi) is 6.93. The van der Waals surface area contributed by atoms with Gasteiger partial charge in [0.15, 0.2) is 5.78 Å². The lowest BCUT2D eigenvalue weighted by atomic mass is 9.80. The molecular weight excluding hydrogens is 362 g/mol. The molecule has 0 bridgehead atoms. The first-order valence-corrected chi connectivity index (χ1v) is 10.4. The van der Waals surface area contributed by atoms with Gasteiger partial charge in [0.25, 0.3) is 0 Å². The largest absolute Gasteiger partial charge is 0.497 e. The summed E-state index contributed by atoms with van der Waals surface area (Å²) in [6, 6.07) is 16.2. The van der Waals surface area contributed by atoms with E-state index in [0.717, 1.165) is 49.5 Å². The summed E-state index contributed by atoms with van der Waals surface area (Å²) in [5, 5.41) is 3.38. The van der Waals surface area contributed by atoms with Gasteiger partial charge in [-0.05, 0) is 68.9 Å². The number of nitrogens with one attached hydrogen (secondary N) is 1. The van der Waals surface area contributed by atoms with E-state index >= 15 is 0 Å². The van der Waals surface area contributed by atoms with Crippen LogP contribution < -0.4 is 15.0 Å². The van der Waals surface area contributed by atoms with E-state index in [1.807, 2.05) is 50.5 Å². The van der Waals surface area contributed by atoms with Crippen LogP contribution in [0.3, 0.4) is 0 Å². The first kappa shape index (κ1) is 21.3. The highest BCUT2D eigenvalue weighted by atomic mass is 16.5.